The molecule has 36 heavy (non-hydrogen) atoms. The molecule has 1 N–H and O–H groups in total. The summed E-state index contributed by atoms with van der Waals surface area (Å²) in [5, 5.41) is 4.68. The van der Waals surface area contributed by atoms with Gasteiger partial charge in [-0.15, -0.1) is 0 Å². The summed E-state index contributed by atoms with van der Waals surface area (Å²) in [6.07, 6.45) is 2.90. The molecular formula is C30H30N4O2. The second-order valence-electron chi connectivity index (χ2n) is 10.9. The van der Waals surface area contributed by atoms with Gasteiger partial charge in [0, 0.05) is 77.5 Å². The van der Waals surface area contributed by atoms with Crippen LogP contribution < -0.4 is 5.32 Å². The van der Waals surface area contributed by atoms with E-state index in [4.69, 9.17) is 0 Å². The SMILES string of the molecule is CC(C)N1C[C@@H]2Cc3c(C4=C(c5cn(C)c6ccccc56)C(=O)NC4=O)c4ccccc4n3C[C@@H]2C1. The number of hydrogen-bond acceptors (Lipinski definition) is 3. The van der Waals surface area contributed by atoms with Crippen molar-refractivity contribution >= 4 is 44.8 Å². The first-order valence-corrected chi connectivity index (χ1v) is 12.9. The van der Waals surface area contributed by atoms with Gasteiger partial charge in [-0.1, -0.05) is 36.4 Å². The minimum absolute atomic E-state index is 0.292. The number of aromatic nitrogens is 2. The number of aryl methyl sites for hydroxylation is 1. The van der Waals surface area contributed by atoms with Crippen LogP contribution in [0.1, 0.15) is 30.7 Å². The van der Waals surface area contributed by atoms with Crippen LogP contribution in [0.5, 0.6) is 0 Å². The zero-order chi connectivity index (χ0) is 24.7. The highest BCUT2D eigenvalue weighted by Gasteiger charge is 2.42. The highest BCUT2D eigenvalue weighted by atomic mass is 16.2. The fourth-order valence-corrected chi connectivity index (χ4v) is 6.87. The van der Waals surface area contributed by atoms with Gasteiger partial charge in [-0.3, -0.25) is 14.9 Å². The summed E-state index contributed by atoms with van der Waals surface area (Å²) in [4.78, 5) is 29.4. The van der Waals surface area contributed by atoms with Crippen molar-refractivity contribution in [1.29, 1.82) is 0 Å². The lowest BCUT2D eigenvalue weighted by Crippen LogP contribution is -2.29. The summed E-state index contributed by atoms with van der Waals surface area (Å²) in [6.45, 7) is 7.70. The lowest BCUT2D eigenvalue weighted by molar-refractivity contribution is -0.122. The minimum atomic E-state index is -0.309. The van der Waals surface area contributed by atoms with Gasteiger partial charge in [-0.2, -0.15) is 0 Å². The smallest absolute Gasteiger partial charge is 0.259 e. The number of imide groups is 1. The molecule has 2 atom stereocenters. The molecule has 1 fully saturated rings. The van der Waals surface area contributed by atoms with Gasteiger partial charge < -0.3 is 14.0 Å². The summed E-state index contributed by atoms with van der Waals surface area (Å²) in [6, 6.07) is 17.0. The van der Waals surface area contributed by atoms with E-state index in [9.17, 15) is 9.59 Å². The normalized spacial score (nSPS) is 22.2. The van der Waals surface area contributed by atoms with Gasteiger partial charge in [0.25, 0.3) is 11.8 Å². The van der Waals surface area contributed by atoms with Gasteiger partial charge >= 0.3 is 0 Å². The van der Waals surface area contributed by atoms with Crippen molar-refractivity contribution in [2.45, 2.75) is 32.9 Å². The number of benzene rings is 2. The van der Waals surface area contributed by atoms with Crippen LogP contribution in [0.2, 0.25) is 0 Å². The van der Waals surface area contributed by atoms with E-state index < -0.39 is 0 Å². The number of para-hydroxylation sites is 2. The highest BCUT2D eigenvalue weighted by molar-refractivity contribution is 6.51. The molecule has 0 aliphatic carbocycles. The van der Waals surface area contributed by atoms with Crippen LogP contribution in [0.15, 0.2) is 54.7 Å². The number of rotatable bonds is 3. The first-order chi connectivity index (χ1) is 17.4. The summed E-state index contributed by atoms with van der Waals surface area (Å²) in [5.74, 6) is 0.564. The molecule has 5 heterocycles. The Morgan fingerprint density at radius 1 is 0.833 bits per heavy atom. The van der Waals surface area contributed by atoms with Gasteiger partial charge in [-0.05, 0) is 44.2 Å². The lowest BCUT2D eigenvalue weighted by atomic mass is 9.85. The Morgan fingerprint density at radius 3 is 2.28 bits per heavy atom. The monoisotopic (exact) mass is 478 g/mol. The standard InChI is InChI=1S/C30H30N4O2/c1-17(2)33-13-18-12-25-26(21-9-5-7-11-24(21)34(25)15-19(18)14-33)28-27(29(35)31-30(28)36)22-16-32(3)23-10-6-4-8-20(22)23/h4-11,16-19H,12-15H2,1-3H3,(H,31,35,36)/t18-,19-/m0/s1. The van der Waals surface area contributed by atoms with Crippen LogP contribution in [0.25, 0.3) is 33.0 Å². The fraction of sp³-hybridized carbons (Fsp3) is 0.333. The summed E-state index contributed by atoms with van der Waals surface area (Å²) in [7, 11) is 1.98. The third-order valence-corrected chi connectivity index (χ3v) is 8.63. The Morgan fingerprint density at radius 2 is 1.50 bits per heavy atom. The molecule has 0 saturated carbocycles. The highest BCUT2D eigenvalue weighted by Crippen LogP contribution is 2.45. The van der Waals surface area contributed by atoms with E-state index in [0.29, 0.717) is 29.0 Å². The maximum atomic E-state index is 13.5. The molecule has 2 aromatic heterocycles. The van der Waals surface area contributed by atoms with Crippen molar-refractivity contribution in [3.63, 3.8) is 0 Å². The van der Waals surface area contributed by atoms with Crippen molar-refractivity contribution in [1.82, 2.24) is 19.4 Å². The molecule has 4 aromatic rings. The zero-order valence-corrected chi connectivity index (χ0v) is 20.9. The molecule has 2 aromatic carbocycles. The van der Waals surface area contributed by atoms with E-state index >= 15 is 0 Å². The Hall–Kier alpha value is -3.64. The Kier molecular flexibility index (Phi) is 4.61. The quantitative estimate of drug-likeness (QED) is 0.449. The first kappa shape index (κ1) is 21.6. The lowest BCUT2D eigenvalue weighted by Gasteiger charge is -2.28. The van der Waals surface area contributed by atoms with Crippen molar-refractivity contribution < 1.29 is 9.59 Å². The summed E-state index contributed by atoms with van der Waals surface area (Å²) in [5.41, 5.74) is 6.17. The molecule has 2 amide bonds. The van der Waals surface area contributed by atoms with Crippen LogP contribution in [0.4, 0.5) is 0 Å². The molecule has 0 unspecified atom stereocenters. The Bertz CT molecular complexity index is 1620. The minimum Gasteiger partial charge on any atom is -0.350 e. The number of hydrogen-bond donors (Lipinski definition) is 1. The third-order valence-electron chi connectivity index (χ3n) is 8.63. The van der Waals surface area contributed by atoms with Gasteiger partial charge in [0.15, 0.2) is 0 Å². The fourth-order valence-electron chi connectivity index (χ4n) is 6.87. The third kappa shape index (κ3) is 2.94. The van der Waals surface area contributed by atoms with Gasteiger partial charge in [0.2, 0.25) is 0 Å². The number of nitrogens with one attached hydrogen (secondary N) is 1. The number of likely N-dealkylation sites (tertiary alicyclic amines) is 1. The van der Waals surface area contributed by atoms with E-state index in [1.54, 1.807) is 0 Å². The molecule has 3 aliphatic rings. The van der Waals surface area contributed by atoms with E-state index in [1.807, 2.05) is 48.1 Å². The van der Waals surface area contributed by atoms with Crippen molar-refractivity contribution in [2.24, 2.45) is 18.9 Å². The maximum Gasteiger partial charge on any atom is 0.259 e. The molecular weight excluding hydrogens is 448 g/mol. The number of nitrogens with zero attached hydrogens (tertiary/aromatic N) is 3. The largest absolute Gasteiger partial charge is 0.350 e. The van der Waals surface area contributed by atoms with Crippen LogP contribution in [-0.4, -0.2) is 45.0 Å². The van der Waals surface area contributed by atoms with Gasteiger partial charge in [-0.25, -0.2) is 0 Å². The van der Waals surface area contributed by atoms with Crippen LogP contribution >= 0.6 is 0 Å². The molecule has 6 heteroatoms. The van der Waals surface area contributed by atoms with Crippen LogP contribution in [-0.2, 0) is 29.6 Å². The van der Waals surface area contributed by atoms with Gasteiger partial charge in [0.05, 0.1) is 11.1 Å². The molecule has 1 saturated heterocycles. The molecule has 6 nitrogen and oxygen atoms in total. The number of fused-ring (bicyclic) bond motifs is 5. The Balaban J connectivity index is 1.48. The molecule has 0 spiro atoms. The second-order valence-corrected chi connectivity index (χ2v) is 10.9. The topological polar surface area (TPSA) is 59.3 Å². The summed E-state index contributed by atoms with van der Waals surface area (Å²) >= 11 is 0. The molecule has 7 rings (SSSR count). The van der Waals surface area contributed by atoms with Gasteiger partial charge in [0.1, 0.15) is 0 Å². The number of carbonyl (C=O) groups is 2. The van der Waals surface area contributed by atoms with E-state index in [1.165, 1.54) is 5.69 Å². The van der Waals surface area contributed by atoms with Crippen LogP contribution in [0.3, 0.4) is 0 Å². The molecule has 0 radical (unpaired) electrons. The average molecular weight is 479 g/mol. The Labute approximate surface area is 210 Å². The first-order valence-electron chi connectivity index (χ1n) is 12.9. The van der Waals surface area contributed by atoms with Crippen molar-refractivity contribution in [2.75, 3.05) is 13.1 Å². The van der Waals surface area contributed by atoms with Crippen molar-refractivity contribution in [3.05, 3.63) is 71.5 Å². The van der Waals surface area contributed by atoms with E-state index in [0.717, 1.165) is 59.0 Å². The summed E-state index contributed by atoms with van der Waals surface area (Å²) < 4.78 is 4.46. The molecule has 0 bridgehead atoms. The zero-order valence-electron chi connectivity index (χ0n) is 20.9. The molecule has 182 valence electrons. The van der Waals surface area contributed by atoms with E-state index in [-0.39, 0.29) is 11.8 Å². The average Bonchev–Trinajstić information content (AvgIpc) is 3.59. The second kappa shape index (κ2) is 7.68. The number of amides is 2. The van der Waals surface area contributed by atoms with Crippen molar-refractivity contribution in [3.8, 4) is 0 Å². The number of carbonyl (C=O) groups excluding carboxylic acids is 2. The maximum absolute atomic E-state index is 13.5. The van der Waals surface area contributed by atoms with E-state index in [2.05, 4.69) is 46.8 Å². The predicted molar refractivity (Wildman–Crippen MR) is 142 cm³/mol. The van der Waals surface area contributed by atoms with Crippen LogP contribution in [0, 0.1) is 11.8 Å². The predicted octanol–water partition coefficient (Wildman–Crippen LogP) is 4.21. The molecule has 3 aliphatic heterocycles.